The number of fused-ring (bicyclic) bond motifs is 1. The van der Waals surface area contributed by atoms with Gasteiger partial charge in [0.1, 0.15) is 4.83 Å². The molecule has 0 saturated carbocycles. The number of aromatic nitrogens is 2. The Hall–Kier alpha value is -1.83. The van der Waals surface area contributed by atoms with Gasteiger partial charge in [-0.25, -0.2) is 4.98 Å². The van der Waals surface area contributed by atoms with Crippen molar-refractivity contribution < 1.29 is 4.79 Å². The SMILES string of the molecule is CCCc1sc2nc(SCC(=O)N3CCCC3)n(-c3ccc(Cl)cc3)c(=O)c2c1C. The maximum Gasteiger partial charge on any atom is 0.267 e. The van der Waals surface area contributed by atoms with Gasteiger partial charge in [-0.3, -0.25) is 14.2 Å². The zero-order valence-corrected chi connectivity index (χ0v) is 19.5. The van der Waals surface area contributed by atoms with Crippen LogP contribution in [0.2, 0.25) is 5.02 Å². The van der Waals surface area contributed by atoms with E-state index in [1.807, 2.05) is 24.0 Å². The molecule has 3 aromatic rings. The van der Waals surface area contributed by atoms with E-state index in [0.29, 0.717) is 21.3 Å². The van der Waals surface area contributed by atoms with E-state index >= 15 is 0 Å². The number of rotatable bonds is 6. The number of hydrogen-bond donors (Lipinski definition) is 0. The van der Waals surface area contributed by atoms with Crippen molar-refractivity contribution in [3.05, 3.63) is 50.1 Å². The van der Waals surface area contributed by atoms with Gasteiger partial charge in [-0.05, 0) is 56.0 Å². The van der Waals surface area contributed by atoms with Crippen molar-refractivity contribution in [1.29, 1.82) is 0 Å². The van der Waals surface area contributed by atoms with Gasteiger partial charge in [0, 0.05) is 23.0 Å². The Kier molecular flexibility index (Phi) is 6.51. The van der Waals surface area contributed by atoms with E-state index < -0.39 is 0 Å². The first-order valence-corrected chi connectivity index (χ1v) is 12.4. The van der Waals surface area contributed by atoms with E-state index in [2.05, 4.69) is 6.92 Å². The molecule has 1 aliphatic rings. The molecular formula is C22H24ClN3O2S2. The van der Waals surface area contributed by atoms with Gasteiger partial charge in [-0.15, -0.1) is 11.3 Å². The van der Waals surface area contributed by atoms with Crippen LogP contribution in [0, 0.1) is 6.92 Å². The highest BCUT2D eigenvalue weighted by Crippen LogP contribution is 2.31. The summed E-state index contributed by atoms with van der Waals surface area (Å²) in [6, 6.07) is 7.16. The van der Waals surface area contributed by atoms with Crippen molar-refractivity contribution in [1.82, 2.24) is 14.5 Å². The molecule has 0 spiro atoms. The van der Waals surface area contributed by atoms with Crippen LogP contribution in [0.5, 0.6) is 0 Å². The minimum Gasteiger partial charge on any atom is -0.342 e. The summed E-state index contributed by atoms with van der Waals surface area (Å²) in [7, 11) is 0. The summed E-state index contributed by atoms with van der Waals surface area (Å²) in [6.07, 6.45) is 4.07. The van der Waals surface area contributed by atoms with E-state index in [9.17, 15) is 9.59 Å². The minimum atomic E-state index is -0.0884. The minimum absolute atomic E-state index is 0.0884. The van der Waals surface area contributed by atoms with Crippen molar-refractivity contribution in [2.75, 3.05) is 18.8 Å². The number of halogens is 1. The largest absolute Gasteiger partial charge is 0.342 e. The van der Waals surface area contributed by atoms with E-state index in [4.69, 9.17) is 16.6 Å². The van der Waals surface area contributed by atoms with E-state index in [-0.39, 0.29) is 17.2 Å². The first-order valence-electron chi connectivity index (χ1n) is 10.2. The molecule has 1 aliphatic heterocycles. The van der Waals surface area contributed by atoms with Crippen molar-refractivity contribution in [2.24, 2.45) is 0 Å². The molecule has 4 rings (SSSR count). The first kappa shape index (κ1) is 21.4. The molecular weight excluding hydrogens is 438 g/mol. The zero-order chi connectivity index (χ0) is 21.3. The molecule has 1 aromatic carbocycles. The number of likely N-dealkylation sites (tertiary alicyclic amines) is 1. The summed E-state index contributed by atoms with van der Waals surface area (Å²) < 4.78 is 1.62. The lowest BCUT2D eigenvalue weighted by Crippen LogP contribution is -2.29. The second-order valence-corrected chi connectivity index (χ2v) is 9.93. The zero-order valence-electron chi connectivity index (χ0n) is 17.1. The van der Waals surface area contributed by atoms with E-state index in [1.165, 1.54) is 16.6 Å². The number of thiophene rings is 1. The number of nitrogens with zero attached hydrogens (tertiary/aromatic N) is 3. The molecule has 1 amide bonds. The smallest absolute Gasteiger partial charge is 0.267 e. The molecule has 0 aliphatic carbocycles. The fraction of sp³-hybridized carbons (Fsp3) is 0.409. The fourth-order valence-electron chi connectivity index (χ4n) is 3.77. The maximum absolute atomic E-state index is 13.6. The van der Waals surface area contributed by atoms with Crippen molar-refractivity contribution >= 4 is 50.8 Å². The molecule has 0 radical (unpaired) electrons. The second-order valence-electron chi connectivity index (χ2n) is 7.47. The summed E-state index contributed by atoms with van der Waals surface area (Å²) in [5, 5.41) is 1.83. The molecule has 0 N–H and O–H groups in total. The van der Waals surface area contributed by atoms with Gasteiger partial charge >= 0.3 is 0 Å². The standard InChI is InChI=1S/C22H24ClN3O2S2/c1-3-6-17-14(2)19-20(30-17)24-22(29-13-18(27)25-11-4-5-12-25)26(21(19)28)16-9-7-15(23)8-10-16/h7-10H,3-6,11-13H2,1-2H3. The van der Waals surface area contributed by atoms with Gasteiger partial charge in [-0.2, -0.15) is 0 Å². The average Bonchev–Trinajstić information content (AvgIpc) is 3.37. The van der Waals surface area contributed by atoms with E-state index in [0.717, 1.165) is 49.2 Å². The molecule has 0 atom stereocenters. The Morgan fingerprint density at radius 3 is 2.60 bits per heavy atom. The summed E-state index contributed by atoms with van der Waals surface area (Å²) >= 11 is 8.98. The highest BCUT2D eigenvalue weighted by atomic mass is 35.5. The fourth-order valence-corrected chi connectivity index (χ4v) is 6.14. The van der Waals surface area contributed by atoms with Crippen LogP contribution < -0.4 is 5.56 Å². The Morgan fingerprint density at radius 1 is 1.23 bits per heavy atom. The average molecular weight is 462 g/mol. The Balaban J connectivity index is 1.79. The molecule has 30 heavy (non-hydrogen) atoms. The van der Waals surface area contributed by atoms with Crippen LogP contribution in [0.4, 0.5) is 0 Å². The maximum atomic E-state index is 13.6. The molecule has 8 heteroatoms. The molecule has 0 bridgehead atoms. The van der Waals surface area contributed by atoms with Crippen molar-refractivity contribution in [2.45, 2.75) is 44.7 Å². The monoisotopic (exact) mass is 461 g/mol. The normalized spacial score (nSPS) is 14.0. The molecule has 158 valence electrons. The summed E-state index contributed by atoms with van der Waals surface area (Å²) in [5.41, 5.74) is 1.63. The quantitative estimate of drug-likeness (QED) is 0.379. The third-order valence-corrected chi connectivity index (χ3v) is 7.80. The van der Waals surface area contributed by atoms with Crippen molar-refractivity contribution in [3.63, 3.8) is 0 Å². The number of carbonyl (C=O) groups excluding carboxylic acids is 1. The van der Waals surface area contributed by atoms with E-state index in [1.54, 1.807) is 28.0 Å². The van der Waals surface area contributed by atoms with Crippen LogP contribution in [0.25, 0.3) is 15.9 Å². The van der Waals surface area contributed by atoms with Gasteiger partial charge in [0.25, 0.3) is 5.56 Å². The molecule has 1 fully saturated rings. The number of benzene rings is 1. The van der Waals surface area contributed by atoms with Gasteiger partial charge < -0.3 is 4.90 Å². The predicted molar refractivity (Wildman–Crippen MR) is 125 cm³/mol. The van der Waals surface area contributed by atoms with Crippen LogP contribution >= 0.6 is 34.7 Å². The summed E-state index contributed by atoms with van der Waals surface area (Å²) in [4.78, 5) is 34.8. The van der Waals surface area contributed by atoms with Gasteiger partial charge in [0.15, 0.2) is 5.16 Å². The number of thioether (sulfide) groups is 1. The summed E-state index contributed by atoms with van der Waals surface area (Å²) in [5.74, 6) is 0.376. The molecule has 3 heterocycles. The number of aryl methyl sites for hydroxylation is 2. The molecule has 5 nitrogen and oxygen atoms in total. The lowest BCUT2D eigenvalue weighted by atomic mass is 10.1. The Bertz CT molecular complexity index is 1130. The number of hydrogen-bond acceptors (Lipinski definition) is 5. The Labute approximate surface area is 189 Å². The van der Waals surface area contributed by atoms with Gasteiger partial charge in [0.2, 0.25) is 5.91 Å². The third-order valence-electron chi connectivity index (χ3n) is 5.38. The summed E-state index contributed by atoms with van der Waals surface area (Å²) in [6.45, 7) is 5.78. The van der Waals surface area contributed by atoms with Gasteiger partial charge in [-0.1, -0.05) is 36.7 Å². The third kappa shape index (κ3) is 4.15. The lowest BCUT2D eigenvalue weighted by molar-refractivity contribution is -0.127. The topological polar surface area (TPSA) is 55.2 Å². The highest BCUT2D eigenvalue weighted by Gasteiger charge is 2.22. The highest BCUT2D eigenvalue weighted by molar-refractivity contribution is 7.99. The van der Waals surface area contributed by atoms with Crippen LogP contribution in [0.3, 0.4) is 0 Å². The van der Waals surface area contributed by atoms with Crippen LogP contribution in [0.1, 0.15) is 36.6 Å². The molecule has 0 unspecified atom stereocenters. The molecule has 1 saturated heterocycles. The molecule has 2 aromatic heterocycles. The predicted octanol–water partition coefficient (Wildman–Crippen LogP) is 5.08. The van der Waals surface area contributed by atoms with Crippen LogP contribution in [-0.4, -0.2) is 39.2 Å². The Morgan fingerprint density at radius 2 is 1.93 bits per heavy atom. The lowest BCUT2D eigenvalue weighted by Gasteiger charge is -2.16. The number of amides is 1. The van der Waals surface area contributed by atoms with Crippen molar-refractivity contribution in [3.8, 4) is 5.69 Å². The van der Waals surface area contributed by atoms with Gasteiger partial charge in [0.05, 0.1) is 16.8 Å². The second kappa shape index (κ2) is 9.12. The van der Waals surface area contributed by atoms with Crippen LogP contribution in [-0.2, 0) is 11.2 Å². The van der Waals surface area contributed by atoms with Crippen LogP contribution in [0.15, 0.2) is 34.2 Å². The number of carbonyl (C=O) groups is 1. The first-order chi connectivity index (χ1) is 14.5.